The van der Waals surface area contributed by atoms with Crippen molar-refractivity contribution < 1.29 is 98.6 Å². The summed E-state index contributed by atoms with van der Waals surface area (Å²) in [6, 6.07) is 2.85. The smallest absolute Gasteiger partial charge is 1.00 e. The predicted octanol–water partition coefficient (Wildman–Crippen LogP) is 1.39. The van der Waals surface area contributed by atoms with Crippen molar-refractivity contribution in [2.45, 2.75) is 12.7 Å². The summed E-state index contributed by atoms with van der Waals surface area (Å²) >= 11 is 0. The van der Waals surface area contributed by atoms with Crippen LogP contribution in [0.4, 0.5) is 36.4 Å². The molecule has 0 fully saturated rings. The Hall–Kier alpha value is -1.34. The zero-order valence-corrected chi connectivity index (χ0v) is 16.5. The molecule has 3 N–H and O–H groups in total. The molecule has 4 nitrogen and oxygen atoms in total. The van der Waals surface area contributed by atoms with E-state index >= 15 is 0 Å². The number of aromatic carboxylic acids is 1. The second-order valence-corrected chi connectivity index (χ2v) is 5.00. The van der Waals surface area contributed by atoms with Crippen LogP contribution in [0.1, 0.15) is 22.9 Å². The fraction of sp³-hybridized carbons (Fsp3) is 0.133. The number of benzene rings is 2. The molecular weight excluding hydrogens is 414 g/mol. The van der Waals surface area contributed by atoms with E-state index < -0.39 is 64.4 Å². The van der Waals surface area contributed by atoms with E-state index in [0.717, 1.165) is 18.2 Å². The zero-order chi connectivity index (χ0) is 19.8. The molecule has 0 heterocycles. The molecular formula is C15H9F7KNO3. The van der Waals surface area contributed by atoms with Gasteiger partial charge in [-0.05, 0) is 18.2 Å². The topological polar surface area (TPSA) is 69.6 Å². The Balaban J connectivity index is 0.00000364. The van der Waals surface area contributed by atoms with Gasteiger partial charge in [-0.2, -0.15) is 13.2 Å². The first kappa shape index (κ1) is 23.7. The standard InChI is InChI=1S/C15H8F7NO3.K.H/c16-10-7(11(17)13(19)9(12(10)18)15(20,21)22)4-23-5-1-2-8(24)6(3-5)14(25)26;;/h1-3,23-24H,4H2,(H,25,26);;/q;+1;-1. The first-order chi connectivity index (χ1) is 11.9. The van der Waals surface area contributed by atoms with Gasteiger partial charge in [-0.25, -0.2) is 22.4 Å². The number of alkyl halides is 3. The number of carbonyl (C=O) groups is 1. The molecule has 0 aliphatic rings. The summed E-state index contributed by atoms with van der Waals surface area (Å²) in [6.45, 7) is -0.993. The molecule has 0 aromatic heterocycles. The number of hydrogen-bond acceptors (Lipinski definition) is 3. The van der Waals surface area contributed by atoms with Gasteiger partial charge in [0.05, 0.1) is 0 Å². The van der Waals surface area contributed by atoms with Crippen molar-refractivity contribution in [2.75, 3.05) is 5.32 Å². The van der Waals surface area contributed by atoms with Gasteiger partial charge < -0.3 is 17.0 Å². The van der Waals surface area contributed by atoms with E-state index in [-0.39, 0.29) is 58.5 Å². The normalized spacial score (nSPS) is 11.1. The van der Waals surface area contributed by atoms with E-state index in [2.05, 4.69) is 5.32 Å². The van der Waals surface area contributed by atoms with Crippen LogP contribution in [0.3, 0.4) is 0 Å². The Bertz CT molecular complexity index is 864. The van der Waals surface area contributed by atoms with Crippen LogP contribution in [0, 0.1) is 23.3 Å². The van der Waals surface area contributed by atoms with Crippen LogP contribution in [0.5, 0.6) is 5.75 Å². The SMILES string of the molecule is O=C(O)c1cc(NCc2c(F)c(F)c(C(F)(F)F)c(F)c2F)ccc1O.[H-].[K+]. The number of aromatic hydroxyl groups is 1. The van der Waals surface area contributed by atoms with Gasteiger partial charge in [0.15, 0.2) is 23.3 Å². The van der Waals surface area contributed by atoms with Gasteiger partial charge in [-0.15, -0.1) is 0 Å². The van der Waals surface area contributed by atoms with E-state index in [0.29, 0.717) is 0 Å². The van der Waals surface area contributed by atoms with Crippen LogP contribution in [0.25, 0.3) is 0 Å². The Morgan fingerprint density at radius 2 is 1.56 bits per heavy atom. The molecule has 0 spiro atoms. The largest absolute Gasteiger partial charge is 1.00 e. The summed E-state index contributed by atoms with van der Waals surface area (Å²) in [5.41, 5.74) is -4.74. The number of carboxylic acid groups (broad SMARTS) is 1. The van der Waals surface area contributed by atoms with E-state index in [1.807, 2.05) is 0 Å². The second-order valence-electron chi connectivity index (χ2n) is 5.00. The maximum absolute atomic E-state index is 13.8. The average Bonchev–Trinajstić information content (AvgIpc) is 2.53. The molecule has 2 aromatic rings. The van der Waals surface area contributed by atoms with Gasteiger partial charge >= 0.3 is 63.5 Å². The Kier molecular flexibility index (Phi) is 7.70. The minimum atomic E-state index is -5.64. The quantitative estimate of drug-likeness (QED) is 0.301. The van der Waals surface area contributed by atoms with Gasteiger partial charge in [0.25, 0.3) is 0 Å². The van der Waals surface area contributed by atoms with Crippen LogP contribution in [-0.4, -0.2) is 16.2 Å². The molecule has 2 aromatic carbocycles. The van der Waals surface area contributed by atoms with E-state index in [1.54, 1.807) is 0 Å². The summed E-state index contributed by atoms with van der Waals surface area (Å²) < 4.78 is 92.0. The van der Waals surface area contributed by atoms with E-state index in [4.69, 9.17) is 5.11 Å². The predicted molar refractivity (Wildman–Crippen MR) is 74.8 cm³/mol. The van der Waals surface area contributed by atoms with Gasteiger partial charge in [-0.1, -0.05) is 0 Å². The molecule has 0 unspecified atom stereocenters. The van der Waals surface area contributed by atoms with Crippen molar-refractivity contribution in [1.29, 1.82) is 0 Å². The third-order valence-corrected chi connectivity index (χ3v) is 3.33. The monoisotopic (exact) mass is 423 g/mol. The van der Waals surface area contributed by atoms with Crippen molar-refractivity contribution in [3.8, 4) is 5.75 Å². The van der Waals surface area contributed by atoms with Gasteiger partial charge in [0, 0.05) is 17.8 Å². The number of nitrogens with one attached hydrogen (secondary N) is 1. The van der Waals surface area contributed by atoms with Gasteiger partial charge in [0.2, 0.25) is 0 Å². The first-order valence-corrected chi connectivity index (χ1v) is 6.67. The molecule has 0 saturated carbocycles. The number of halogens is 7. The van der Waals surface area contributed by atoms with Crippen LogP contribution in [0.15, 0.2) is 18.2 Å². The average molecular weight is 423 g/mol. The Morgan fingerprint density at radius 1 is 1.04 bits per heavy atom. The molecule has 12 heteroatoms. The van der Waals surface area contributed by atoms with E-state index in [1.165, 1.54) is 0 Å². The molecule has 27 heavy (non-hydrogen) atoms. The summed E-state index contributed by atoms with van der Waals surface area (Å²) in [5, 5.41) is 20.4. The van der Waals surface area contributed by atoms with Crippen molar-refractivity contribution >= 4 is 11.7 Å². The molecule has 0 amide bonds. The fourth-order valence-corrected chi connectivity index (χ4v) is 2.09. The molecule has 142 valence electrons. The summed E-state index contributed by atoms with van der Waals surface area (Å²) in [6.07, 6.45) is -5.64. The third kappa shape index (κ3) is 4.93. The fourth-order valence-electron chi connectivity index (χ4n) is 2.09. The maximum atomic E-state index is 13.8. The molecule has 0 radical (unpaired) electrons. The zero-order valence-electron chi connectivity index (χ0n) is 14.4. The van der Waals surface area contributed by atoms with Crippen LogP contribution in [-0.2, 0) is 12.7 Å². The number of phenols is 1. The minimum absolute atomic E-state index is 0. The summed E-state index contributed by atoms with van der Waals surface area (Å²) in [5.74, 6) is -11.8. The summed E-state index contributed by atoms with van der Waals surface area (Å²) in [4.78, 5) is 10.9. The van der Waals surface area contributed by atoms with Crippen molar-refractivity contribution in [2.24, 2.45) is 0 Å². The number of hydrogen-bond donors (Lipinski definition) is 3. The third-order valence-electron chi connectivity index (χ3n) is 3.33. The number of carboxylic acids is 1. The van der Waals surface area contributed by atoms with Crippen LogP contribution >= 0.6 is 0 Å². The molecule has 0 bridgehead atoms. The minimum Gasteiger partial charge on any atom is -1.00 e. The van der Waals surface area contributed by atoms with Crippen molar-refractivity contribution in [1.82, 2.24) is 0 Å². The molecule has 0 saturated heterocycles. The van der Waals surface area contributed by atoms with Gasteiger partial charge in [0.1, 0.15) is 16.9 Å². The maximum Gasteiger partial charge on any atom is 1.00 e. The second kappa shape index (κ2) is 8.77. The summed E-state index contributed by atoms with van der Waals surface area (Å²) in [7, 11) is 0. The van der Waals surface area contributed by atoms with E-state index in [9.17, 15) is 40.6 Å². The number of rotatable bonds is 4. The van der Waals surface area contributed by atoms with Crippen LogP contribution in [0.2, 0.25) is 0 Å². The molecule has 0 aliphatic carbocycles. The van der Waals surface area contributed by atoms with Crippen LogP contribution < -0.4 is 56.7 Å². The first-order valence-electron chi connectivity index (χ1n) is 6.67. The van der Waals surface area contributed by atoms with Crippen molar-refractivity contribution in [3.05, 3.63) is 58.2 Å². The molecule has 2 rings (SSSR count). The van der Waals surface area contributed by atoms with Gasteiger partial charge in [-0.3, -0.25) is 0 Å². The Morgan fingerprint density at radius 3 is 2.00 bits per heavy atom. The molecule has 0 atom stereocenters. The van der Waals surface area contributed by atoms with Crippen molar-refractivity contribution in [3.63, 3.8) is 0 Å². The number of anilines is 1. The Labute approximate surface area is 190 Å². The molecule has 0 aliphatic heterocycles.